The van der Waals surface area contributed by atoms with Gasteiger partial charge in [-0.1, -0.05) is 31.5 Å². The van der Waals surface area contributed by atoms with Gasteiger partial charge in [-0.2, -0.15) is 5.09 Å². The van der Waals surface area contributed by atoms with Crippen molar-refractivity contribution >= 4 is 13.7 Å². The number of nitrogens with zero attached hydrogens (tertiary/aromatic N) is 1. The molecule has 0 radical (unpaired) electrons. The fourth-order valence-electron chi connectivity index (χ4n) is 4.57. The van der Waals surface area contributed by atoms with Crippen LogP contribution < -0.4 is 20.9 Å². The fraction of sp³-hybridized carbons (Fsp3) is 0.560. The summed E-state index contributed by atoms with van der Waals surface area (Å²) in [5, 5.41) is 13.8. The molecule has 1 aromatic heterocycles. The zero-order chi connectivity index (χ0) is 27.5. The second-order valence-corrected chi connectivity index (χ2v) is 11.6. The van der Waals surface area contributed by atoms with Gasteiger partial charge in [0.2, 0.25) is 0 Å². The SMILES string of the molecule is CCC[C@H](NP(=O)(OC[C@H]1O[C@@H](n2ccc(=O)[nH]c2=O)C2(CC2)[C@@H]1O)Oc1ccccc1)C(=O)OC(C)C. The molecule has 208 valence electrons. The number of hydrogen-bond acceptors (Lipinski definition) is 9. The van der Waals surface area contributed by atoms with E-state index in [1.807, 2.05) is 6.92 Å². The summed E-state index contributed by atoms with van der Waals surface area (Å²) >= 11 is 0. The Kier molecular flexibility index (Phi) is 8.59. The molecule has 2 fully saturated rings. The number of rotatable bonds is 12. The molecule has 1 aliphatic heterocycles. The van der Waals surface area contributed by atoms with Gasteiger partial charge < -0.3 is 19.1 Å². The number of carbonyl (C=O) groups is 1. The quantitative estimate of drug-likeness (QED) is 0.264. The van der Waals surface area contributed by atoms with Crippen LogP contribution in [0.3, 0.4) is 0 Å². The normalized spacial score (nSPS) is 24.2. The van der Waals surface area contributed by atoms with E-state index in [-0.39, 0.29) is 18.5 Å². The molecule has 3 N–H and O–H groups in total. The van der Waals surface area contributed by atoms with Crippen molar-refractivity contribution in [3.05, 3.63) is 63.4 Å². The smallest absolute Gasteiger partial charge is 0.459 e. The third-order valence-corrected chi connectivity index (χ3v) is 8.14. The molecule has 1 saturated carbocycles. The van der Waals surface area contributed by atoms with Gasteiger partial charge in [-0.15, -0.1) is 0 Å². The van der Waals surface area contributed by atoms with E-state index in [1.165, 1.54) is 16.8 Å². The van der Waals surface area contributed by atoms with Gasteiger partial charge in [0.1, 0.15) is 24.1 Å². The third kappa shape index (κ3) is 6.27. The van der Waals surface area contributed by atoms with Crippen LogP contribution in [0, 0.1) is 5.41 Å². The number of carbonyl (C=O) groups excluding carboxylic acids is 1. The minimum atomic E-state index is -4.19. The predicted octanol–water partition coefficient (Wildman–Crippen LogP) is 2.49. The summed E-state index contributed by atoms with van der Waals surface area (Å²) in [6.07, 6.45) is 0.224. The maximum Gasteiger partial charge on any atom is 0.459 e. The topological polar surface area (TPSA) is 158 Å². The van der Waals surface area contributed by atoms with Crippen molar-refractivity contribution in [2.24, 2.45) is 5.41 Å². The van der Waals surface area contributed by atoms with E-state index in [0.717, 1.165) is 0 Å². The van der Waals surface area contributed by atoms with Crippen LogP contribution in [0.4, 0.5) is 0 Å². The number of aromatic amines is 1. The number of ether oxygens (including phenoxy) is 2. The second-order valence-electron chi connectivity index (χ2n) is 9.88. The first-order valence-electron chi connectivity index (χ1n) is 12.7. The third-order valence-electron chi connectivity index (χ3n) is 6.57. The highest BCUT2D eigenvalue weighted by atomic mass is 31.2. The minimum absolute atomic E-state index is 0.250. The number of hydrogen-bond donors (Lipinski definition) is 3. The molecule has 2 aliphatic rings. The lowest BCUT2D eigenvalue weighted by atomic mass is 9.96. The number of aliphatic hydroxyl groups is 1. The van der Waals surface area contributed by atoms with Crippen molar-refractivity contribution in [2.75, 3.05) is 6.61 Å². The number of benzene rings is 1. The van der Waals surface area contributed by atoms with E-state index in [1.54, 1.807) is 44.2 Å². The van der Waals surface area contributed by atoms with Crippen molar-refractivity contribution in [1.82, 2.24) is 14.6 Å². The Morgan fingerprint density at radius 3 is 2.58 bits per heavy atom. The van der Waals surface area contributed by atoms with Crippen LogP contribution >= 0.6 is 7.75 Å². The van der Waals surface area contributed by atoms with E-state index < -0.39 is 54.9 Å². The van der Waals surface area contributed by atoms with Gasteiger partial charge in [-0.3, -0.25) is 23.7 Å². The van der Waals surface area contributed by atoms with Gasteiger partial charge in [0.05, 0.1) is 18.8 Å². The molecule has 1 aromatic carbocycles. The maximum absolute atomic E-state index is 13.9. The highest BCUT2D eigenvalue weighted by Gasteiger charge is 2.64. The Hall–Kier alpha value is -2.76. The van der Waals surface area contributed by atoms with Gasteiger partial charge in [-0.25, -0.2) is 9.36 Å². The van der Waals surface area contributed by atoms with Crippen molar-refractivity contribution < 1.29 is 33.0 Å². The van der Waals surface area contributed by atoms with Gasteiger partial charge >= 0.3 is 19.4 Å². The van der Waals surface area contributed by atoms with Crippen molar-refractivity contribution in [3.63, 3.8) is 0 Å². The average molecular weight is 552 g/mol. The molecule has 1 unspecified atom stereocenters. The van der Waals surface area contributed by atoms with Crippen molar-refractivity contribution in [2.45, 2.75) is 77.0 Å². The van der Waals surface area contributed by atoms with Crippen LogP contribution in [0.2, 0.25) is 0 Å². The molecule has 1 saturated heterocycles. The number of H-pyrrole nitrogens is 1. The standard InChI is InChI=1S/C25H34N3O9P/c1-4-8-18(22(31)35-16(2)3)27-38(33,37-17-9-6-5-7-10-17)34-15-19-21(30)25(12-13-25)23(36-19)28-14-11-20(29)26-24(28)32/h5-7,9-11,14,16,18-19,21,23,30H,4,8,12-13,15H2,1-3H3,(H,27,33)(H,26,29,32)/t18-,19+,21+,23+,38?/m0/s1. The summed E-state index contributed by atoms with van der Waals surface area (Å²) in [7, 11) is -4.19. The first-order chi connectivity index (χ1) is 18.1. The summed E-state index contributed by atoms with van der Waals surface area (Å²) in [5.74, 6) is -0.339. The Morgan fingerprint density at radius 2 is 1.97 bits per heavy atom. The van der Waals surface area contributed by atoms with Crippen molar-refractivity contribution in [1.29, 1.82) is 0 Å². The maximum atomic E-state index is 13.9. The molecule has 1 aliphatic carbocycles. The molecule has 1 spiro atoms. The summed E-state index contributed by atoms with van der Waals surface area (Å²) in [4.78, 5) is 38.8. The fourth-order valence-corrected chi connectivity index (χ4v) is 6.11. The average Bonchev–Trinajstić information content (AvgIpc) is 3.61. The highest BCUT2D eigenvalue weighted by molar-refractivity contribution is 7.52. The van der Waals surface area contributed by atoms with E-state index in [4.69, 9.17) is 18.5 Å². The zero-order valence-corrected chi connectivity index (χ0v) is 22.5. The monoisotopic (exact) mass is 551 g/mol. The Balaban J connectivity index is 1.54. The molecule has 5 atom stereocenters. The summed E-state index contributed by atoms with van der Waals surface area (Å²) in [5.41, 5.74) is -1.94. The van der Waals surface area contributed by atoms with E-state index in [0.29, 0.717) is 25.7 Å². The lowest BCUT2D eigenvalue weighted by molar-refractivity contribution is -0.149. The molecule has 12 nitrogen and oxygen atoms in total. The highest BCUT2D eigenvalue weighted by Crippen LogP contribution is 2.62. The van der Waals surface area contributed by atoms with Gasteiger partial charge in [0.25, 0.3) is 5.56 Å². The Morgan fingerprint density at radius 1 is 1.26 bits per heavy atom. The van der Waals surface area contributed by atoms with Crippen LogP contribution in [0.25, 0.3) is 0 Å². The van der Waals surface area contributed by atoms with Crippen LogP contribution in [-0.4, -0.2) is 51.6 Å². The molecule has 38 heavy (non-hydrogen) atoms. The number of para-hydroxylation sites is 1. The molecular weight excluding hydrogens is 517 g/mol. The molecule has 13 heteroatoms. The first-order valence-corrected chi connectivity index (χ1v) is 14.2. The molecule has 2 aromatic rings. The minimum Gasteiger partial charge on any atom is -0.462 e. The summed E-state index contributed by atoms with van der Waals surface area (Å²) in [6.45, 7) is 4.95. The molecule has 0 bridgehead atoms. The van der Waals surface area contributed by atoms with E-state index in [2.05, 4.69) is 10.1 Å². The van der Waals surface area contributed by atoms with Gasteiger partial charge in [0.15, 0.2) is 0 Å². The van der Waals surface area contributed by atoms with Crippen LogP contribution in [0.1, 0.15) is 52.7 Å². The number of aromatic nitrogens is 2. The first kappa shape index (κ1) is 28.3. The Bertz CT molecular complexity index is 1270. The molecular formula is C25H34N3O9P. The van der Waals surface area contributed by atoms with Gasteiger partial charge in [0, 0.05) is 17.7 Å². The van der Waals surface area contributed by atoms with E-state index in [9.17, 15) is 24.1 Å². The molecule has 0 amide bonds. The predicted molar refractivity (Wildman–Crippen MR) is 137 cm³/mol. The van der Waals surface area contributed by atoms with Crippen LogP contribution in [-0.2, 0) is 23.4 Å². The number of esters is 1. The summed E-state index contributed by atoms with van der Waals surface area (Å²) in [6, 6.07) is 8.59. The lowest BCUT2D eigenvalue weighted by Crippen LogP contribution is -2.39. The molecule has 2 heterocycles. The second kappa shape index (κ2) is 11.5. The zero-order valence-electron chi connectivity index (χ0n) is 21.6. The van der Waals surface area contributed by atoms with Gasteiger partial charge in [-0.05, 0) is 45.2 Å². The Labute approximate surface area is 219 Å². The number of aliphatic hydroxyl groups excluding tert-OH is 1. The number of nitrogens with one attached hydrogen (secondary N) is 2. The largest absolute Gasteiger partial charge is 0.462 e. The van der Waals surface area contributed by atoms with Crippen LogP contribution in [0.15, 0.2) is 52.2 Å². The van der Waals surface area contributed by atoms with Crippen LogP contribution in [0.5, 0.6) is 5.75 Å². The molecule has 4 rings (SSSR count). The summed E-state index contributed by atoms with van der Waals surface area (Å²) < 4.78 is 38.0. The lowest BCUT2D eigenvalue weighted by Gasteiger charge is -2.26. The van der Waals surface area contributed by atoms with Crippen molar-refractivity contribution in [3.8, 4) is 5.75 Å². The van der Waals surface area contributed by atoms with E-state index >= 15 is 0 Å².